The van der Waals surface area contributed by atoms with E-state index in [4.69, 9.17) is 14.2 Å². The molecule has 4 heterocycles. The number of carbonyl (C=O) groups is 1. The van der Waals surface area contributed by atoms with Gasteiger partial charge in [0.15, 0.2) is 11.5 Å². The molecule has 2 aliphatic rings. The molecule has 0 unspecified atom stereocenters. The normalized spacial score (nSPS) is 20.2. The third kappa shape index (κ3) is 3.82. The Morgan fingerprint density at radius 1 is 1.24 bits per heavy atom. The number of fused-ring (bicyclic) bond motifs is 2. The monoisotopic (exact) mass is 488 g/mol. The first kappa shape index (κ1) is 22.4. The second-order valence-electron chi connectivity index (χ2n) is 8.32. The van der Waals surface area contributed by atoms with E-state index < -0.39 is 16.0 Å². The van der Waals surface area contributed by atoms with E-state index in [9.17, 15) is 18.3 Å². The minimum Gasteiger partial charge on any atom is -0.481 e. The zero-order chi connectivity index (χ0) is 24.0. The molecule has 2 atom stereocenters. The first-order chi connectivity index (χ1) is 16.3. The van der Waals surface area contributed by atoms with Crippen molar-refractivity contribution in [3.8, 4) is 17.4 Å². The molecule has 12 heteroatoms. The van der Waals surface area contributed by atoms with Crippen molar-refractivity contribution in [2.45, 2.75) is 31.2 Å². The fourth-order valence-corrected chi connectivity index (χ4v) is 5.94. The van der Waals surface area contributed by atoms with Crippen molar-refractivity contribution in [3.05, 3.63) is 36.2 Å². The topological polar surface area (TPSA) is 133 Å². The molecule has 0 saturated carbocycles. The number of rotatable bonds is 7. The second-order valence-corrected chi connectivity index (χ2v) is 10.3. The molecule has 0 bridgehead atoms. The van der Waals surface area contributed by atoms with Crippen LogP contribution in [0, 0.1) is 5.92 Å². The average Bonchev–Trinajstić information content (AvgIpc) is 3.50. The Labute approximate surface area is 195 Å². The summed E-state index contributed by atoms with van der Waals surface area (Å²) in [6.07, 6.45) is 1.04. The van der Waals surface area contributed by atoms with Gasteiger partial charge in [-0.05, 0) is 25.0 Å². The summed E-state index contributed by atoms with van der Waals surface area (Å²) in [5.41, 5.74) is 1.07. The molecule has 1 saturated heterocycles. The molecular weight excluding hydrogens is 464 g/mol. The Hall–Kier alpha value is -3.38. The Balaban J connectivity index is 1.49. The highest BCUT2D eigenvalue weighted by molar-refractivity contribution is 7.89. The highest BCUT2D eigenvalue weighted by atomic mass is 32.2. The number of nitrogens with zero attached hydrogens (tertiary/aromatic N) is 4. The van der Waals surface area contributed by atoms with Gasteiger partial charge in [-0.25, -0.2) is 13.4 Å². The van der Waals surface area contributed by atoms with Crippen LogP contribution < -0.4 is 14.2 Å². The molecular formula is C22H24N4O7S. The molecule has 0 radical (unpaired) electrons. The van der Waals surface area contributed by atoms with Crippen molar-refractivity contribution >= 4 is 26.9 Å². The Kier molecular flexibility index (Phi) is 5.56. The minimum atomic E-state index is -3.78. The van der Waals surface area contributed by atoms with Crippen LogP contribution in [-0.2, 0) is 21.2 Å². The summed E-state index contributed by atoms with van der Waals surface area (Å²) in [6.45, 7) is 4.78. The number of hydrogen-bond acceptors (Lipinski definition) is 8. The van der Waals surface area contributed by atoms with Crippen LogP contribution in [0.15, 0.2) is 35.4 Å². The number of sulfonamides is 1. The SMILES string of the molecule is CCOc1ccc(S(=O)(=O)N2C[C@@H](C)[C@@H](n3nc(CC(=O)O)c4cc5c(cc43)OCO5)C2)cn1. The Morgan fingerprint density at radius 2 is 2.00 bits per heavy atom. The van der Waals surface area contributed by atoms with E-state index in [0.29, 0.717) is 47.1 Å². The van der Waals surface area contributed by atoms with Crippen molar-refractivity contribution in [2.24, 2.45) is 5.92 Å². The smallest absolute Gasteiger partial charge is 0.309 e. The summed E-state index contributed by atoms with van der Waals surface area (Å²) in [6, 6.07) is 6.24. The van der Waals surface area contributed by atoms with Crippen molar-refractivity contribution in [3.63, 3.8) is 0 Å². The number of benzene rings is 1. The maximum atomic E-state index is 13.3. The van der Waals surface area contributed by atoms with E-state index in [2.05, 4.69) is 10.1 Å². The van der Waals surface area contributed by atoms with E-state index in [1.165, 1.54) is 22.6 Å². The third-order valence-electron chi connectivity index (χ3n) is 6.09. The highest BCUT2D eigenvalue weighted by Gasteiger charge is 2.40. The van der Waals surface area contributed by atoms with Gasteiger partial charge in [-0.15, -0.1) is 0 Å². The molecule has 1 aromatic carbocycles. The van der Waals surface area contributed by atoms with Gasteiger partial charge >= 0.3 is 5.97 Å². The molecule has 34 heavy (non-hydrogen) atoms. The average molecular weight is 489 g/mol. The molecule has 1 N–H and O–H groups in total. The highest BCUT2D eigenvalue weighted by Crippen LogP contribution is 2.40. The van der Waals surface area contributed by atoms with Crippen LogP contribution in [0.5, 0.6) is 17.4 Å². The van der Waals surface area contributed by atoms with Gasteiger partial charge in [0.1, 0.15) is 4.90 Å². The molecule has 0 spiro atoms. The molecule has 2 aliphatic heterocycles. The predicted molar refractivity (Wildman–Crippen MR) is 120 cm³/mol. The lowest BCUT2D eigenvalue weighted by Crippen LogP contribution is -2.29. The molecule has 0 amide bonds. The number of aromatic nitrogens is 3. The van der Waals surface area contributed by atoms with E-state index in [-0.39, 0.29) is 36.6 Å². The summed E-state index contributed by atoms with van der Waals surface area (Å²) in [5, 5.41) is 14.6. The minimum absolute atomic E-state index is 0.0726. The largest absolute Gasteiger partial charge is 0.481 e. The van der Waals surface area contributed by atoms with Gasteiger partial charge in [0.2, 0.25) is 22.7 Å². The lowest BCUT2D eigenvalue weighted by Gasteiger charge is -2.17. The van der Waals surface area contributed by atoms with Crippen LogP contribution in [0.3, 0.4) is 0 Å². The van der Waals surface area contributed by atoms with Crippen LogP contribution in [0.1, 0.15) is 25.6 Å². The molecule has 2 aromatic heterocycles. The van der Waals surface area contributed by atoms with Gasteiger partial charge in [0, 0.05) is 30.6 Å². The molecule has 0 aliphatic carbocycles. The molecule has 1 fully saturated rings. The zero-order valence-corrected chi connectivity index (χ0v) is 19.5. The van der Waals surface area contributed by atoms with Gasteiger partial charge in [-0.2, -0.15) is 9.40 Å². The quantitative estimate of drug-likeness (QED) is 0.530. The number of ether oxygens (including phenoxy) is 3. The number of carboxylic acid groups (broad SMARTS) is 1. The first-order valence-electron chi connectivity index (χ1n) is 10.9. The fourth-order valence-electron chi connectivity index (χ4n) is 4.44. The maximum Gasteiger partial charge on any atom is 0.309 e. The number of carboxylic acids is 1. The van der Waals surface area contributed by atoms with Crippen molar-refractivity contribution < 1.29 is 32.5 Å². The summed E-state index contributed by atoms with van der Waals surface area (Å²) >= 11 is 0. The van der Waals surface area contributed by atoms with Crippen LogP contribution in [0.25, 0.3) is 10.9 Å². The first-order valence-corrected chi connectivity index (χ1v) is 12.3. The van der Waals surface area contributed by atoms with Crippen molar-refractivity contribution in [1.82, 2.24) is 19.1 Å². The summed E-state index contributed by atoms with van der Waals surface area (Å²) in [4.78, 5) is 15.6. The Morgan fingerprint density at radius 3 is 2.68 bits per heavy atom. The number of pyridine rings is 1. The van der Waals surface area contributed by atoms with Crippen molar-refractivity contribution in [2.75, 3.05) is 26.5 Å². The van der Waals surface area contributed by atoms with Crippen LogP contribution in [0.2, 0.25) is 0 Å². The lowest BCUT2D eigenvalue weighted by molar-refractivity contribution is -0.136. The van der Waals surface area contributed by atoms with Crippen LogP contribution >= 0.6 is 0 Å². The van der Waals surface area contributed by atoms with E-state index in [1.807, 2.05) is 13.8 Å². The summed E-state index contributed by atoms with van der Waals surface area (Å²) in [5.74, 6) is 0.367. The number of hydrogen-bond donors (Lipinski definition) is 1. The maximum absolute atomic E-state index is 13.3. The van der Waals surface area contributed by atoms with Gasteiger partial charge in [-0.3, -0.25) is 9.48 Å². The lowest BCUT2D eigenvalue weighted by atomic mass is 10.1. The molecule has 180 valence electrons. The van der Waals surface area contributed by atoms with Gasteiger partial charge < -0.3 is 19.3 Å². The molecule has 3 aromatic rings. The predicted octanol–water partition coefficient (Wildman–Crippen LogP) is 2.07. The van der Waals surface area contributed by atoms with Gasteiger partial charge in [0.05, 0.1) is 36.5 Å². The van der Waals surface area contributed by atoms with Crippen LogP contribution in [0.4, 0.5) is 0 Å². The van der Waals surface area contributed by atoms with E-state index in [1.54, 1.807) is 16.8 Å². The summed E-state index contributed by atoms with van der Waals surface area (Å²) < 4.78 is 46.0. The van der Waals surface area contributed by atoms with Gasteiger partial charge in [0.25, 0.3) is 0 Å². The molecule has 11 nitrogen and oxygen atoms in total. The Bertz CT molecular complexity index is 1350. The zero-order valence-electron chi connectivity index (χ0n) is 18.7. The third-order valence-corrected chi connectivity index (χ3v) is 7.90. The van der Waals surface area contributed by atoms with E-state index in [0.717, 1.165) is 0 Å². The van der Waals surface area contributed by atoms with E-state index >= 15 is 0 Å². The van der Waals surface area contributed by atoms with Crippen molar-refractivity contribution in [1.29, 1.82) is 0 Å². The standard InChI is InChI=1S/C22H24N4O7S/c1-3-31-21-5-4-14(9-23-21)34(29,30)25-10-13(2)18(11-25)26-17-8-20-19(32-12-33-20)6-15(17)16(24-26)7-22(27)28/h4-6,8-9,13,18H,3,7,10-12H2,1-2H3,(H,27,28)/t13-,18+/m1/s1. The second kappa shape index (κ2) is 8.44. The summed E-state index contributed by atoms with van der Waals surface area (Å²) in [7, 11) is -3.78. The fraction of sp³-hybridized carbons (Fsp3) is 0.409. The van der Waals surface area contributed by atoms with Gasteiger partial charge in [-0.1, -0.05) is 6.92 Å². The molecule has 5 rings (SSSR count). The van der Waals surface area contributed by atoms with Crippen LogP contribution in [-0.4, -0.2) is 65.1 Å². The number of aliphatic carboxylic acids is 1.